The van der Waals surface area contributed by atoms with Gasteiger partial charge in [0, 0.05) is 12.0 Å². The fourth-order valence-corrected chi connectivity index (χ4v) is 1.45. The minimum atomic E-state index is -1.11. The van der Waals surface area contributed by atoms with Gasteiger partial charge in [-0.25, -0.2) is 0 Å². The molecule has 6 heteroatoms. The summed E-state index contributed by atoms with van der Waals surface area (Å²) >= 11 is 5.69. The molecular weight excluding hydrogens is 234 g/mol. The summed E-state index contributed by atoms with van der Waals surface area (Å²) in [6.45, 7) is 0. The first-order valence-electron chi connectivity index (χ1n) is 4.50. The number of benzene rings is 1. The minimum Gasteiger partial charge on any atom is -0.503 e. The molecule has 16 heavy (non-hydrogen) atoms. The Hall–Kier alpha value is -1.46. The lowest BCUT2D eigenvalue weighted by atomic mass is 10.1. The van der Waals surface area contributed by atoms with E-state index < -0.39 is 12.0 Å². The van der Waals surface area contributed by atoms with E-state index in [1.54, 1.807) is 6.07 Å². The summed E-state index contributed by atoms with van der Waals surface area (Å²) in [5.41, 5.74) is 5.89. The normalized spacial score (nSPS) is 12.2. The predicted molar refractivity (Wildman–Crippen MR) is 59.0 cm³/mol. The van der Waals surface area contributed by atoms with Gasteiger partial charge in [-0.2, -0.15) is 0 Å². The molecular formula is C10H12ClNO4. The fraction of sp³-hybridized carbons (Fsp3) is 0.300. The molecule has 0 spiro atoms. The van der Waals surface area contributed by atoms with Crippen LogP contribution in [0.1, 0.15) is 5.56 Å². The van der Waals surface area contributed by atoms with Crippen LogP contribution < -0.4 is 10.5 Å². The highest BCUT2D eigenvalue weighted by molar-refractivity contribution is 6.32. The minimum absolute atomic E-state index is 0.0588. The van der Waals surface area contributed by atoms with E-state index >= 15 is 0 Å². The van der Waals surface area contributed by atoms with Crippen molar-refractivity contribution in [3.8, 4) is 11.5 Å². The first kappa shape index (κ1) is 12.6. The monoisotopic (exact) mass is 245 g/mol. The van der Waals surface area contributed by atoms with Gasteiger partial charge in [-0.15, -0.1) is 0 Å². The average molecular weight is 246 g/mol. The van der Waals surface area contributed by atoms with E-state index in [1.807, 2.05) is 0 Å². The van der Waals surface area contributed by atoms with Gasteiger partial charge < -0.3 is 20.7 Å². The van der Waals surface area contributed by atoms with Crippen molar-refractivity contribution in [3.63, 3.8) is 0 Å². The Morgan fingerprint density at radius 2 is 2.25 bits per heavy atom. The van der Waals surface area contributed by atoms with Crippen LogP contribution in [0.3, 0.4) is 0 Å². The molecule has 1 aromatic rings. The zero-order valence-corrected chi connectivity index (χ0v) is 9.36. The number of phenolic OH excluding ortho intramolecular Hbond substituents is 1. The zero-order chi connectivity index (χ0) is 12.3. The number of ether oxygens (including phenoxy) is 1. The van der Waals surface area contributed by atoms with E-state index in [0.717, 1.165) is 0 Å². The number of rotatable bonds is 4. The van der Waals surface area contributed by atoms with Gasteiger partial charge >= 0.3 is 5.97 Å². The summed E-state index contributed by atoms with van der Waals surface area (Å²) in [7, 11) is 1.36. The maximum absolute atomic E-state index is 10.6. The third-order valence-electron chi connectivity index (χ3n) is 2.12. The number of phenols is 1. The fourth-order valence-electron chi connectivity index (χ4n) is 1.30. The molecule has 1 atom stereocenters. The van der Waals surface area contributed by atoms with Crippen molar-refractivity contribution in [2.24, 2.45) is 5.73 Å². The zero-order valence-electron chi connectivity index (χ0n) is 8.61. The summed E-state index contributed by atoms with van der Waals surface area (Å²) in [5.74, 6) is -1.17. The van der Waals surface area contributed by atoms with E-state index in [2.05, 4.69) is 0 Å². The lowest BCUT2D eigenvalue weighted by Gasteiger charge is -2.13. The number of aliphatic carboxylic acids is 1. The highest BCUT2D eigenvalue weighted by Gasteiger charge is 2.18. The smallest absolute Gasteiger partial charge is 0.320 e. The Morgan fingerprint density at radius 1 is 1.62 bits per heavy atom. The highest BCUT2D eigenvalue weighted by atomic mass is 35.5. The molecule has 0 radical (unpaired) electrons. The van der Waals surface area contributed by atoms with Crippen molar-refractivity contribution in [3.05, 3.63) is 22.7 Å². The number of nitrogens with two attached hydrogens (primary N) is 1. The molecule has 0 heterocycles. The van der Waals surface area contributed by atoms with Crippen molar-refractivity contribution in [1.82, 2.24) is 0 Å². The molecule has 88 valence electrons. The van der Waals surface area contributed by atoms with E-state index in [1.165, 1.54) is 13.2 Å². The molecule has 5 nitrogen and oxygen atoms in total. The van der Waals surface area contributed by atoms with Gasteiger partial charge in [0.2, 0.25) is 0 Å². The van der Waals surface area contributed by atoms with Crippen LogP contribution in [0.4, 0.5) is 0 Å². The maximum atomic E-state index is 10.6. The molecule has 1 unspecified atom stereocenters. The Labute approximate surface area is 97.4 Å². The van der Waals surface area contributed by atoms with E-state index in [4.69, 9.17) is 27.2 Å². The molecule has 0 saturated heterocycles. The number of hydrogen-bond acceptors (Lipinski definition) is 4. The molecule has 0 amide bonds. The molecule has 0 saturated carbocycles. The van der Waals surface area contributed by atoms with Crippen molar-refractivity contribution in [2.75, 3.05) is 7.11 Å². The second-order valence-corrected chi connectivity index (χ2v) is 3.64. The molecule has 0 aliphatic heterocycles. The van der Waals surface area contributed by atoms with Crippen molar-refractivity contribution >= 4 is 17.6 Å². The quantitative estimate of drug-likeness (QED) is 0.736. The lowest BCUT2D eigenvalue weighted by molar-refractivity contribution is -0.138. The van der Waals surface area contributed by atoms with Gasteiger partial charge in [-0.3, -0.25) is 4.79 Å². The Morgan fingerprint density at radius 3 is 2.75 bits per heavy atom. The van der Waals surface area contributed by atoms with Gasteiger partial charge in [0.1, 0.15) is 6.04 Å². The number of methoxy groups -OCH3 is 1. The summed E-state index contributed by atoms with van der Waals surface area (Å²) in [6.07, 6.45) is 0.0588. The maximum Gasteiger partial charge on any atom is 0.320 e. The topological polar surface area (TPSA) is 92.8 Å². The Balaban J connectivity index is 3.05. The van der Waals surface area contributed by atoms with Gasteiger partial charge in [-0.05, 0) is 6.07 Å². The molecule has 1 rings (SSSR count). The van der Waals surface area contributed by atoms with Crippen molar-refractivity contribution in [2.45, 2.75) is 12.5 Å². The van der Waals surface area contributed by atoms with Gasteiger partial charge in [0.15, 0.2) is 11.5 Å². The second-order valence-electron chi connectivity index (χ2n) is 3.24. The van der Waals surface area contributed by atoms with E-state index in [-0.39, 0.29) is 22.9 Å². The molecule has 0 aliphatic carbocycles. The van der Waals surface area contributed by atoms with Crippen LogP contribution in [-0.2, 0) is 11.2 Å². The van der Waals surface area contributed by atoms with Crippen LogP contribution >= 0.6 is 11.6 Å². The lowest BCUT2D eigenvalue weighted by Crippen LogP contribution is -2.32. The average Bonchev–Trinajstić information content (AvgIpc) is 2.23. The second kappa shape index (κ2) is 5.05. The molecule has 1 aromatic carbocycles. The molecule has 0 bridgehead atoms. The number of halogens is 1. The van der Waals surface area contributed by atoms with Gasteiger partial charge in [0.25, 0.3) is 0 Å². The van der Waals surface area contributed by atoms with Gasteiger partial charge in [-0.1, -0.05) is 17.7 Å². The third-order valence-corrected chi connectivity index (χ3v) is 2.43. The van der Waals surface area contributed by atoms with Crippen molar-refractivity contribution < 1.29 is 19.7 Å². The SMILES string of the molecule is COc1c(CC(N)C(=O)O)ccc(Cl)c1O. The van der Waals surface area contributed by atoms with Crippen LogP contribution in [0.2, 0.25) is 5.02 Å². The highest BCUT2D eigenvalue weighted by Crippen LogP contribution is 2.37. The Kier molecular flexibility index (Phi) is 3.98. The summed E-state index contributed by atoms with van der Waals surface area (Å²) in [6, 6.07) is 1.99. The number of carbonyl (C=O) groups is 1. The first-order valence-corrected chi connectivity index (χ1v) is 4.88. The number of carboxylic acids is 1. The summed E-state index contributed by atoms with van der Waals surface area (Å²) < 4.78 is 4.95. The summed E-state index contributed by atoms with van der Waals surface area (Å²) in [5, 5.41) is 18.4. The Bertz CT molecular complexity index is 408. The number of aromatic hydroxyl groups is 1. The van der Waals surface area contributed by atoms with Crippen LogP contribution in [-0.4, -0.2) is 29.3 Å². The molecule has 0 aliphatic rings. The first-order chi connectivity index (χ1) is 7.47. The van der Waals surface area contributed by atoms with Crippen LogP contribution in [0.5, 0.6) is 11.5 Å². The standard InChI is InChI=1S/C10H12ClNO4/c1-16-9-5(4-7(12)10(14)15)2-3-6(11)8(9)13/h2-3,7,13H,4,12H2,1H3,(H,14,15). The van der Waals surface area contributed by atoms with E-state index in [0.29, 0.717) is 5.56 Å². The summed E-state index contributed by atoms with van der Waals surface area (Å²) in [4.78, 5) is 10.6. The molecule has 0 aromatic heterocycles. The molecule has 0 fully saturated rings. The van der Waals surface area contributed by atoms with E-state index in [9.17, 15) is 9.90 Å². The van der Waals surface area contributed by atoms with Crippen LogP contribution in [0.25, 0.3) is 0 Å². The third kappa shape index (κ3) is 2.56. The predicted octanol–water partition coefficient (Wildman–Crippen LogP) is 1.01. The largest absolute Gasteiger partial charge is 0.503 e. The van der Waals surface area contributed by atoms with Crippen LogP contribution in [0, 0.1) is 0 Å². The van der Waals surface area contributed by atoms with Gasteiger partial charge in [0.05, 0.1) is 12.1 Å². The molecule has 4 N–H and O–H groups in total. The van der Waals surface area contributed by atoms with Crippen molar-refractivity contribution in [1.29, 1.82) is 0 Å². The van der Waals surface area contributed by atoms with Crippen LogP contribution in [0.15, 0.2) is 12.1 Å². The number of carboxylic acid groups (broad SMARTS) is 1. The number of hydrogen-bond donors (Lipinski definition) is 3.